The standard InChI is InChI=1S/C14H17N3O2/c1-19-13-10-11(16-14(18)6-7-15)4-5-12(13)17-8-2-3-9-17/h4-5,10H,2-3,6,8-9H2,1H3,(H,16,18). The van der Waals surface area contributed by atoms with Crippen LogP contribution in [0.5, 0.6) is 5.75 Å². The molecule has 0 saturated carbocycles. The largest absolute Gasteiger partial charge is 0.495 e. The monoisotopic (exact) mass is 259 g/mol. The maximum atomic E-state index is 11.4. The minimum Gasteiger partial charge on any atom is -0.495 e. The van der Waals surface area contributed by atoms with Crippen molar-refractivity contribution < 1.29 is 9.53 Å². The molecule has 5 heteroatoms. The molecule has 0 aromatic heterocycles. The quantitative estimate of drug-likeness (QED) is 0.899. The summed E-state index contributed by atoms with van der Waals surface area (Å²) in [6.07, 6.45) is 2.25. The summed E-state index contributed by atoms with van der Waals surface area (Å²) >= 11 is 0. The van der Waals surface area contributed by atoms with Crippen molar-refractivity contribution in [3.63, 3.8) is 0 Å². The smallest absolute Gasteiger partial charge is 0.238 e. The zero-order chi connectivity index (χ0) is 13.7. The number of rotatable bonds is 4. The van der Waals surface area contributed by atoms with Crippen molar-refractivity contribution in [2.75, 3.05) is 30.4 Å². The number of hydrogen-bond donors (Lipinski definition) is 1. The molecule has 0 aliphatic carbocycles. The van der Waals surface area contributed by atoms with Crippen LogP contribution in [0.1, 0.15) is 19.3 Å². The summed E-state index contributed by atoms with van der Waals surface area (Å²) in [6.45, 7) is 2.08. The van der Waals surface area contributed by atoms with Crippen LogP contribution in [0.2, 0.25) is 0 Å². The van der Waals surface area contributed by atoms with Crippen LogP contribution in [0.25, 0.3) is 0 Å². The van der Waals surface area contributed by atoms with Gasteiger partial charge in [0.1, 0.15) is 12.2 Å². The third kappa shape index (κ3) is 3.16. The Balaban J connectivity index is 2.16. The number of carbonyl (C=O) groups excluding carboxylic acids is 1. The zero-order valence-electron chi connectivity index (χ0n) is 11.0. The van der Waals surface area contributed by atoms with Crippen molar-refractivity contribution in [3.8, 4) is 11.8 Å². The highest BCUT2D eigenvalue weighted by Gasteiger charge is 2.16. The van der Waals surface area contributed by atoms with Crippen molar-refractivity contribution in [1.82, 2.24) is 0 Å². The zero-order valence-corrected chi connectivity index (χ0v) is 11.0. The summed E-state index contributed by atoms with van der Waals surface area (Å²) in [4.78, 5) is 13.6. The number of nitriles is 1. The fourth-order valence-electron chi connectivity index (χ4n) is 2.25. The molecular formula is C14H17N3O2. The molecule has 1 amide bonds. The highest BCUT2D eigenvalue weighted by atomic mass is 16.5. The second kappa shape index (κ2) is 6.10. The van der Waals surface area contributed by atoms with Crippen molar-refractivity contribution >= 4 is 17.3 Å². The fraction of sp³-hybridized carbons (Fsp3) is 0.429. The highest BCUT2D eigenvalue weighted by molar-refractivity contribution is 5.92. The Hall–Kier alpha value is -2.22. The number of nitrogens with zero attached hydrogens (tertiary/aromatic N) is 2. The fourth-order valence-corrected chi connectivity index (χ4v) is 2.25. The number of methoxy groups -OCH3 is 1. The van der Waals surface area contributed by atoms with E-state index >= 15 is 0 Å². The Bertz CT molecular complexity index is 502. The molecule has 100 valence electrons. The molecule has 1 heterocycles. The van der Waals surface area contributed by atoms with Gasteiger partial charge < -0.3 is 15.0 Å². The molecule has 1 aromatic carbocycles. The normalized spacial score (nSPS) is 14.0. The first-order valence-corrected chi connectivity index (χ1v) is 6.34. The molecule has 1 aliphatic heterocycles. The second-order valence-electron chi connectivity index (χ2n) is 4.46. The summed E-state index contributed by atoms with van der Waals surface area (Å²) < 4.78 is 5.38. The Morgan fingerprint density at radius 1 is 1.47 bits per heavy atom. The number of hydrogen-bond acceptors (Lipinski definition) is 4. The SMILES string of the molecule is COc1cc(NC(=O)CC#N)ccc1N1CCCC1. The van der Waals surface area contributed by atoms with E-state index < -0.39 is 0 Å². The van der Waals surface area contributed by atoms with E-state index in [9.17, 15) is 4.79 Å². The van der Waals surface area contributed by atoms with Gasteiger partial charge in [-0.2, -0.15) is 5.26 Å². The topological polar surface area (TPSA) is 65.4 Å². The lowest BCUT2D eigenvalue weighted by atomic mass is 10.2. The molecule has 0 unspecified atom stereocenters. The van der Waals surface area contributed by atoms with Gasteiger partial charge in [-0.3, -0.25) is 4.79 Å². The summed E-state index contributed by atoms with van der Waals surface area (Å²) in [5.74, 6) is 0.440. The summed E-state index contributed by atoms with van der Waals surface area (Å²) in [7, 11) is 1.62. The highest BCUT2D eigenvalue weighted by Crippen LogP contribution is 2.33. The first-order chi connectivity index (χ1) is 9.24. The van der Waals surface area contributed by atoms with Crippen molar-refractivity contribution in [1.29, 1.82) is 5.26 Å². The average Bonchev–Trinajstić information content (AvgIpc) is 2.92. The molecule has 1 aromatic rings. The maximum absolute atomic E-state index is 11.4. The van der Waals surface area contributed by atoms with E-state index in [0.717, 1.165) is 24.5 Å². The van der Waals surface area contributed by atoms with Crippen molar-refractivity contribution in [2.45, 2.75) is 19.3 Å². The van der Waals surface area contributed by atoms with Crippen LogP contribution >= 0.6 is 0 Å². The lowest BCUT2D eigenvalue weighted by molar-refractivity contribution is -0.115. The number of ether oxygens (including phenoxy) is 1. The van der Waals surface area contributed by atoms with Gasteiger partial charge in [-0.15, -0.1) is 0 Å². The van der Waals surface area contributed by atoms with E-state index in [2.05, 4.69) is 10.2 Å². The van der Waals surface area contributed by atoms with E-state index in [1.54, 1.807) is 13.2 Å². The minimum atomic E-state index is -0.307. The summed E-state index contributed by atoms with van der Waals surface area (Å²) in [5.41, 5.74) is 1.71. The number of nitrogens with one attached hydrogen (secondary N) is 1. The Morgan fingerprint density at radius 3 is 2.84 bits per heavy atom. The van der Waals surface area contributed by atoms with Crippen molar-refractivity contribution in [3.05, 3.63) is 18.2 Å². The van der Waals surface area contributed by atoms with Crippen LogP contribution in [0.15, 0.2) is 18.2 Å². The molecule has 1 N–H and O–H groups in total. The van der Waals surface area contributed by atoms with E-state index in [1.807, 2.05) is 18.2 Å². The molecule has 1 aliphatic rings. The summed E-state index contributed by atoms with van der Waals surface area (Å²) in [6, 6.07) is 7.40. The van der Waals surface area contributed by atoms with Crippen LogP contribution in [0, 0.1) is 11.3 Å². The van der Waals surface area contributed by atoms with Gasteiger partial charge in [0.25, 0.3) is 0 Å². The number of anilines is 2. The van der Waals surface area contributed by atoms with Gasteiger partial charge in [0.15, 0.2) is 0 Å². The third-order valence-electron chi connectivity index (χ3n) is 3.15. The molecule has 19 heavy (non-hydrogen) atoms. The molecule has 1 saturated heterocycles. The number of carbonyl (C=O) groups is 1. The van der Waals surface area contributed by atoms with Gasteiger partial charge in [0.05, 0.1) is 18.9 Å². The van der Waals surface area contributed by atoms with Crippen molar-refractivity contribution in [2.24, 2.45) is 0 Å². The molecule has 0 radical (unpaired) electrons. The Morgan fingerprint density at radius 2 is 2.21 bits per heavy atom. The third-order valence-corrected chi connectivity index (χ3v) is 3.15. The van der Waals surface area contributed by atoms with Gasteiger partial charge in [-0.1, -0.05) is 0 Å². The molecule has 0 bridgehead atoms. The molecule has 0 atom stereocenters. The molecule has 2 rings (SSSR count). The second-order valence-corrected chi connectivity index (χ2v) is 4.46. The van der Waals surface area contributed by atoms with Crippen LogP contribution in [-0.2, 0) is 4.79 Å². The Labute approximate surface area is 112 Å². The van der Waals surface area contributed by atoms with Gasteiger partial charge in [-0.25, -0.2) is 0 Å². The minimum absolute atomic E-state index is 0.143. The molecular weight excluding hydrogens is 242 g/mol. The number of amides is 1. The first-order valence-electron chi connectivity index (χ1n) is 6.34. The predicted molar refractivity (Wildman–Crippen MR) is 73.3 cm³/mol. The predicted octanol–water partition coefficient (Wildman–Crippen LogP) is 2.15. The number of benzene rings is 1. The van der Waals surface area contributed by atoms with Crippen LogP contribution in [0.4, 0.5) is 11.4 Å². The molecule has 5 nitrogen and oxygen atoms in total. The van der Waals surface area contributed by atoms with Crippen LogP contribution in [-0.4, -0.2) is 26.1 Å². The first kappa shape index (κ1) is 13.2. The van der Waals surface area contributed by atoms with E-state index in [4.69, 9.17) is 10.00 Å². The van der Waals surface area contributed by atoms with Gasteiger partial charge in [0.2, 0.25) is 5.91 Å². The van der Waals surface area contributed by atoms with Crippen LogP contribution in [0.3, 0.4) is 0 Å². The molecule has 0 spiro atoms. The average molecular weight is 259 g/mol. The lowest BCUT2D eigenvalue weighted by Gasteiger charge is -2.21. The van der Waals surface area contributed by atoms with E-state index in [0.29, 0.717) is 5.69 Å². The van der Waals surface area contributed by atoms with E-state index in [-0.39, 0.29) is 12.3 Å². The summed E-state index contributed by atoms with van der Waals surface area (Å²) in [5, 5.41) is 11.1. The van der Waals surface area contributed by atoms with Gasteiger partial charge in [-0.05, 0) is 25.0 Å². The van der Waals surface area contributed by atoms with Gasteiger partial charge >= 0.3 is 0 Å². The van der Waals surface area contributed by atoms with Gasteiger partial charge in [0, 0.05) is 24.8 Å². The van der Waals surface area contributed by atoms with Crippen LogP contribution < -0.4 is 15.0 Å². The maximum Gasteiger partial charge on any atom is 0.238 e. The van der Waals surface area contributed by atoms with E-state index in [1.165, 1.54) is 12.8 Å². The Kier molecular flexibility index (Phi) is 4.24. The molecule has 1 fully saturated rings. The lowest BCUT2D eigenvalue weighted by Crippen LogP contribution is -2.18.